The first-order chi connectivity index (χ1) is 13.1. The van der Waals surface area contributed by atoms with Crippen LogP contribution in [0.25, 0.3) is 6.08 Å². The summed E-state index contributed by atoms with van der Waals surface area (Å²) in [6.07, 6.45) is 2.91. The van der Waals surface area contributed by atoms with Gasteiger partial charge < -0.3 is 18.9 Å². The number of carbonyl (C=O) groups is 2. The second kappa shape index (κ2) is 10.7. The minimum absolute atomic E-state index is 0.00974. The van der Waals surface area contributed by atoms with Gasteiger partial charge in [0.1, 0.15) is 13.2 Å². The van der Waals surface area contributed by atoms with Gasteiger partial charge in [0.05, 0.1) is 19.3 Å². The average Bonchev–Trinajstić information content (AvgIpc) is 2.71. The molecule has 0 aromatic heterocycles. The van der Waals surface area contributed by atoms with Crippen LogP contribution in [-0.4, -0.2) is 38.9 Å². The lowest BCUT2D eigenvalue weighted by Crippen LogP contribution is -2.12. The summed E-state index contributed by atoms with van der Waals surface area (Å²) in [6.45, 7) is 2.39. The summed E-state index contributed by atoms with van der Waals surface area (Å²) in [5.74, 6) is 0.238. The van der Waals surface area contributed by atoms with E-state index >= 15 is 0 Å². The molecule has 27 heavy (non-hydrogen) atoms. The molecule has 0 unspecified atom stereocenters. The van der Waals surface area contributed by atoms with E-state index in [9.17, 15) is 9.59 Å². The quantitative estimate of drug-likeness (QED) is 0.382. The van der Waals surface area contributed by atoms with Gasteiger partial charge in [-0.2, -0.15) is 0 Å². The molecule has 0 atom stereocenters. The maximum Gasteiger partial charge on any atom is 0.338 e. The molecule has 6 heteroatoms. The molecule has 142 valence electrons. The normalized spacial score (nSPS) is 10.4. The van der Waals surface area contributed by atoms with Crippen molar-refractivity contribution >= 4 is 18.0 Å². The fraction of sp³-hybridized carbons (Fsp3) is 0.238. The highest BCUT2D eigenvalue weighted by Gasteiger charge is 2.07. The zero-order valence-corrected chi connectivity index (χ0v) is 15.3. The van der Waals surface area contributed by atoms with Gasteiger partial charge in [0.15, 0.2) is 11.5 Å². The van der Waals surface area contributed by atoms with Crippen molar-refractivity contribution in [3.8, 4) is 11.5 Å². The van der Waals surface area contributed by atoms with Crippen molar-refractivity contribution in [1.29, 1.82) is 0 Å². The first-order valence-corrected chi connectivity index (χ1v) is 8.52. The highest BCUT2D eigenvalue weighted by atomic mass is 16.6. The van der Waals surface area contributed by atoms with Gasteiger partial charge in [-0.15, -0.1) is 0 Å². The van der Waals surface area contributed by atoms with E-state index in [-0.39, 0.29) is 13.2 Å². The third-order valence-electron chi connectivity index (χ3n) is 3.47. The summed E-state index contributed by atoms with van der Waals surface area (Å²) < 4.78 is 20.8. The van der Waals surface area contributed by atoms with Crippen LogP contribution >= 0.6 is 0 Å². The summed E-state index contributed by atoms with van der Waals surface area (Å²) in [5, 5.41) is 0. The minimum Gasteiger partial charge on any atom is -0.493 e. The van der Waals surface area contributed by atoms with Gasteiger partial charge in [-0.1, -0.05) is 24.3 Å². The van der Waals surface area contributed by atoms with E-state index in [1.54, 1.807) is 55.7 Å². The van der Waals surface area contributed by atoms with Crippen LogP contribution in [0.15, 0.2) is 54.6 Å². The first-order valence-electron chi connectivity index (χ1n) is 8.52. The van der Waals surface area contributed by atoms with E-state index in [4.69, 9.17) is 18.9 Å². The highest BCUT2D eigenvalue weighted by Crippen LogP contribution is 2.28. The van der Waals surface area contributed by atoms with Gasteiger partial charge >= 0.3 is 11.9 Å². The summed E-state index contributed by atoms with van der Waals surface area (Å²) in [5.41, 5.74) is 1.22. The average molecular weight is 370 g/mol. The van der Waals surface area contributed by atoms with Crippen LogP contribution in [0.3, 0.4) is 0 Å². The molecule has 0 aliphatic rings. The smallest absolute Gasteiger partial charge is 0.338 e. The van der Waals surface area contributed by atoms with Crippen LogP contribution in [0.4, 0.5) is 0 Å². The number of hydrogen-bond acceptors (Lipinski definition) is 6. The third-order valence-corrected chi connectivity index (χ3v) is 3.47. The molecule has 0 N–H and O–H groups in total. The van der Waals surface area contributed by atoms with Crippen molar-refractivity contribution in [2.45, 2.75) is 6.92 Å². The number of esters is 2. The lowest BCUT2D eigenvalue weighted by Gasteiger charge is -2.09. The van der Waals surface area contributed by atoms with Gasteiger partial charge in [-0.3, -0.25) is 0 Å². The van der Waals surface area contributed by atoms with Gasteiger partial charge in [-0.25, -0.2) is 9.59 Å². The Morgan fingerprint density at radius 2 is 1.70 bits per heavy atom. The van der Waals surface area contributed by atoms with E-state index in [1.807, 2.05) is 13.0 Å². The number of benzene rings is 2. The van der Waals surface area contributed by atoms with Gasteiger partial charge in [0.2, 0.25) is 0 Å². The summed E-state index contributed by atoms with van der Waals surface area (Å²) in [4.78, 5) is 23.5. The summed E-state index contributed by atoms with van der Waals surface area (Å²) in [6, 6.07) is 14.0. The van der Waals surface area contributed by atoms with E-state index in [0.717, 1.165) is 5.56 Å². The second-order valence-electron chi connectivity index (χ2n) is 5.35. The standard InChI is InChI=1S/C21H22O6/c1-3-25-18-11-9-16(15-19(18)24-2)10-12-20(22)26-13-14-27-21(23)17-7-5-4-6-8-17/h4-12,15H,3,13-14H2,1-2H3/b12-10+. The van der Waals surface area contributed by atoms with Crippen LogP contribution in [0.5, 0.6) is 11.5 Å². The molecule has 2 rings (SSSR count). The topological polar surface area (TPSA) is 71.1 Å². The predicted molar refractivity (Wildman–Crippen MR) is 101 cm³/mol. The lowest BCUT2D eigenvalue weighted by atomic mass is 10.2. The van der Waals surface area contributed by atoms with Crippen molar-refractivity contribution in [3.05, 3.63) is 65.7 Å². The Hall–Kier alpha value is -3.28. The van der Waals surface area contributed by atoms with Crippen LogP contribution in [0.1, 0.15) is 22.8 Å². The molecule has 0 aliphatic heterocycles. The Morgan fingerprint density at radius 3 is 2.41 bits per heavy atom. The van der Waals surface area contributed by atoms with Crippen LogP contribution in [-0.2, 0) is 14.3 Å². The van der Waals surface area contributed by atoms with Gasteiger partial charge in [0.25, 0.3) is 0 Å². The fourth-order valence-corrected chi connectivity index (χ4v) is 2.21. The largest absolute Gasteiger partial charge is 0.493 e. The Kier molecular flexibility index (Phi) is 7.91. The fourth-order valence-electron chi connectivity index (χ4n) is 2.21. The predicted octanol–water partition coefficient (Wildman–Crippen LogP) is 3.51. The summed E-state index contributed by atoms with van der Waals surface area (Å²) >= 11 is 0. The van der Waals surface area contributed by atoms with Crippen molar-refractivity contribution in [2.24, 2.45) is 0 Å². The number of methoxy groups -OCH3 is 1. The van der Waals surface area contributed by atoms with Crippen molar-refractivity contribution in [2.75, 3.05) is 26.9 Å². The molecule has 0 heterocycles. The Balaban J connectivity index is 1.77. The molecule has 0 bridgehead atoms. The van der Waals surface area contributed by atoms with E-state index in [1.165, 1.54) is 6.08 Å². The number of hydrogen-bond donors (Lipinski definition) is 0. The number of rotatable bonds is 9. The van der Waals surface area contributed by atoms with Crippen LogP contribution in [0, 0.1) is 0 Å². The highest BCUT2D eigenvalue weighted by molar-refractivity contribution is 5.89. The zero-order valence-electron chi connectivity index (χ0n) is 15.3. The molecule has 2 aromatic rings. The number of carbonyl (C=O) groups excluding carboxylic acids is 2. The molecule has 0 aliphatic carbocycles. The molecule has 2 aromatic carbocycles. The maximum atomic E-state index is 11.7. The van der Waals surface area contributed by atoms with Crippen LogP contribution in [0.2, 0.25) is 0 Å². The molecule has 6 nitrogen and oxygen atoms in total. The van der Waals surface area contributed by atoms with Crippen LogP contribution < -0.4 is 9.47 Å². The molecule has 0 radical (unpaired) electrons. The van der Waals surface area contributed by atoms with Crippen molar-refractivity contribution in [3.63, 3.8) is 0 Å². The number of ether oxygens (including phenoxy) is 4. The Morgan fingerprint density at radius 1 is 0.963 bits per heavy atom. The molecular weight excluding hydrogens is 348 g/mol. The van der Waals surface area contributed by atoms with Crippen molar-refractivity contribution < 1.29 is 28.5 Å². The second-order valence-corrected chi connectivity index (χ2v) is 5.35. The molecule has 0 spiro atoms. The Labute approximate surface area is 158 Å². The lowest BCUT2D eigenvalue weighted by molar-refractivity contribution is -0.138. The zero-order chi connectivity index (χ0) is 19.5. The van der Waals surface area contributed by atoms with E-state index < -0.39 is 11.9 Å². The van der Waals surface area contributed by atoms with E-state index in [0.29, 0.717) is 23.7 Å². The summed E-state index contributed by atoms with van der Waals surface area (Å²) in [7, 11) is 1.55. The van der Waals surface area contributed by atoms with E-state index in [2.05, 4.69) is 0 Å². The first kappa shape index (κ1) is 20.0. The molecule has 0 amide bonds. The Bertz CT molecular complexity index is 783. The van der Waals surface area contributed by atoms with Gasteiger partial charge in [0, 0.05) is 6.08 Å². The van der Waals surface area contributed by atoms with Gasteiger partial charge in [-0.05, 0) is 42.8 Å². The SMILES string of the molecule is CCOc1ccc(/C=C/C(=O)OCCOC(=O)c2ccccc2)cc1OC. The van der Waals surface area contributed by atoms with Crippen molar-refractivity contribution in [1.82, 2.24) is 0 Å². The molecular formula is C21H22O6. The maximum absolute atomic E-state index is 11.7. The molecule has 0 saturated carbocycles. The third kappa shape index (κ3) is 6.51. The monoisotopic (exact) mass is 370 g/mol. The molecule has 0 saturated heterocycles. The molecule has 0 fully saturated rings. The minimum atomic E-state index is -0.529.